The largest absolute Gasteiger partial charge is 0.325 e. The second-order valence-electron chi connectivity index (χ2n) is 7.21. The lowest BCUT2D eigenvalue weighted by molar-refractivity contribution is -0.896. The van der Waals surface area contributed by atoms with Crippen LogP contribution in [0.15, 0.2) is 35.7 Å². The monoisotopic (exact) mass is 391 g/mol. The van der Waals surface area contributed by atoms with Gasteiger partial charge in [0.1, 0.15) is 5.54 Å². The van der Waals surface area contributed by atoms with Crippen molar-refractivity contribution in [1.29, 1.82) is 5.26 Å². The summed E-state index contributed by atoms with van der Waals surface area (Å²) in [4.78, 5) is 14.8. The Kier molecular flexibility index (Phi) is 6.76. The van der Waals surface area contributed by atoms with E-state index in [2.05, 4.69) is 6.07 Å². The van der Waals surface area contributed by atoms with E-state index in [-0.39, 0.29) is 12.5 Å². The number of nitriles is 1. The molecule has 1 aliphatic rings. The maximum atomic E-state index is 12.5. The molecule has 0 bridgehead atoms. The fourth-order valence-electron chi connectivity index (χ4n) is 2.77. The molecule has 0 unspecified atom stereocenters. The molecule has 0 aromatic heterocycles. The number of nitrogens with one attached hydrogen (secondary N) is 1. The lowest BCUT2D eigenvalue weighted by atomic mass is 10.1. The first-order chi connectivity index (χ1) is 12.7. The average Bonchev–Trinajstić information content (AvgIpc) is 2.67. The van der Waals surface area contributed by atoms with E-state index in [1.807, 2.05) is 30.3 Å². The molecule has 1 aliphatic heterocycles. The van der Waals surface area contributed by atoms with Crippen LogP contribution in [0.25, 0.3) is 6.08 Å². The van der Waals surface area contributed by atoms with Crippen LogP contribution in [0.5, 0.6) is 0 Å². The Morgan fingerprint density at radius 3 is 2.44 bits per heavy atom. The van der Waals surface area contributed by atoms with Crippen molar-refractivity contribution < 1.29 is 18.1 Å². The van der Waals surface area contributed by atoms with Crippen LogP contribution in [0, 0.1) is 11.3 Å². The van der Waals surface area contributed by atoms with Crippen LogP contribution >= 0.6 is 0 Å². The zero-order valence-electron chi connectivity index (χ0n) is 16.1. The van der Waals surface area contributed by atoms with Crippen LogP contribution in [-0.2, 0) is 14.8 Å². The van der Waals surface area contributed by atoms with Gasteiger partial charge < -0.3 is 9.80 Å². The van der Waals surface area contributed by atoms with Gasteiger partial charge in [-0.3, -0.25) is 4.79 Å². The zero-order chi connectivity index (χ0) is 20.1. The van der Waals surface area contributed by atoms with Gasteiger partial charge in [-0.1, -0.05) is 30.3 Å². The molecule has 1 aromatic carbocycles. The van der Waals surface area contributed by atoms with Gasteiger partial charge in [0.15, 0.2) is 6.54 Å². The summed E-state index contributed by atoms with van der Waals surface area (Å²) in [7, 11) is -1.85. The van der Waals surface area contributed by atoms with E-state index < -0.39 is 15.6 Å². The highest BCUT2D eigenvalue weighted by Crippen LogP contribution is 2.10. The molecule has 0 radical (unpaired) electrons. The van der Waals surface area contributed by atoms with Crippen molar-refractivity contribution in [2.75, 3.05) is 39.8 Å². The van der Waals surface area contributed by atoms with Gasteiger partial charge in [-0.05, 0) is 25.5 Å². The van der Waals surface area contributed by atoms with Gasteiger partial charge in [0.05, 0.1) is 32.2 Å². The van der Waals surface area contributed by atoms with Crippen molar-refractivity contribution in [2.45, 2.75) is 19.4 Å². The second-order valence-corrected chi connectivity index (χ2v) is 9.03. The summed E-state index contributed by atoms with van der Waals surface area (Å²) in [5, 5.41) is 10.4. The highest BCUT2D eigenvalue weighted by Gasteiger charge is 2.32. The SMILES string of the molecule is CN(C(=O)C[NH+]1CCN(S(=O)(=O)/C=C/c2ccccc2)CC1)C(C)(C)C#N. The van der Waals surface area contributed by atoms with E-state index in [0.29, 0.717) is 26.2 Å². The average molecular weight is 392 g/mol. The molecule has 1 saturated heterocycles. The number of sulfonamides is 1. The van der Waals surface area contributed by atoms with Crippen molar-refractivity contribution in [3.05, 3.63) is 41.3 Å². The number of likely N-dealkylation sites (N-methyl/N-ethyl adjacent to an activating group) is 1. The third-order valence-electron chi connectivity index (χ3n) is 4.91. The molecule has 2 rings (SSSR count). The van der Waals surface area contributed by atoms with Gasteiger partial charge in [-0.2, -0.15) is 9.57 Å². The summed E-state index contributed by atoms with van der Waals surface area (Å²) in [5.41, 5.74) is -0.0247. The van der Waals surface area contributed by atoms with E-state index in [1.165, 1.54) is 14.6 Å². The topological polar surface area (TPSA) is 85.9 Å². The number of nitrogens with zero attached hydrogens (tertiary/aromatic N) is 3. The molecule has 1 amide bonds. The van der Waals surface area contributed by atoms with Crippen molar-refractivity contribution in [3.8, 4) is 6.07 Å². The Morgan fingerprint density at radius 2 is 1.89 bits per heavy atom. The van der Waals surface area contributed by atoms with E-state index in [9.17, 15) is 13.2 Å². The first-order valence-corrected chi connectivity index (χ1v) is 10.4. The van der Waals surface area contributed by atoms with Gasteiger partial charge in [0.25, 0.3) is 5.91 Å². The van der Waals surface area contributed by atoms with Gasteiger partial charge >= 0.3 is 0 Å². The fourth-order valence-corrected chi connectivity index (χ4v) is 3.96. The summed E-state index contributed by atoms with van der Waals surface area (Å²) in [6.07, 6.45) is 1.59. The maximum Gasteiger partial charge on any atom is 0.278 e. The van der Waals surface area contributed by atoms with Gasteiger partial charge in [0, 0.05) is 12.5 Å². The second kappa shape index (κ2) is 8.65. The van der Waals surface area contributed by atoms with Crippen LogP contribution in [0.2, 0.25) is 0 Å². The van der Waals surface area contributed by atoms with Crippen molar-refractivity contribution in [1.82, 2.24) is 9.21 Å². The molecule has 1 heterocycles. The molecule has 146 valence electrons. The Bertz CT molecular complexity index is 820. The van der Waals surface area contributed by atoms with E-state index in [4.69, 9.17) is 5.26 Å². The lowest BCUT2D eigenvalue weighted by Gasteiger charge is -2.33. The lowest BCUT2D eigenvalue weighted by Crippen LogP contribution is -3.15. The summed E-state index contributed by atoms with van der Waals surface area (Å²) in [6, 6.07) is 11.4. The van der Waals surface area contributed by atoms with Crippen LogP contribution in [-0.4, -0.2) is 68.8 Å². The minimum Gasteiger partial charge on any atom is -0.325 e. The highest BCUT2D eigenvalue weighted by atomic mass is 32.2. The van der Waals surface area contributed by atoms with Gasteiger partial charge in [0.2, 0.25) is 10.0 Å². The molecular formula is C19H27N4O3S+. The Labute approximate surface area is 161 Å². The Morgan fingerprint density at radius 1 is 1.30 bits per heavy atom. The van der Waals surface area contributed by atoms with E-state index in [1.54, 1.807) is 27.0 Å². The van der Waals surface area contributed by atoms with Crippen LogP contribution in [0.4, 0.5) is 0 Å². The third-order valence-corrected chi connectivity index (χ3v) is 6.47. The molecule has 0 aliphatic carbocycles. The highest BCUT2D eigenvalue weighted by molar-refractivity contribution is 7.92. The van der Waals surface area contributed by atoms with Crippen LogP contribution in [0.3, 0.4) is 0 Å². The number of carbonyl (C=O) groups is 1. The molecular weight excluding hydrogens is 364 g/mol. The summed E-state index contributed by atoms with van der Waals surface area (Å²) in [5.74, 6) is -0.114. The summed E-state index contributed by atoms with van der Waals surface area (Å²) >= 11 is 0. The predicted octanol–water partition coefficient (Wildman–Crippen LogP) is -0.0518. The molecule has 0 saturated carbocycles. The van der Waals surface area contributed by atoms with Crippen LogP contribution < -0.4 is 4.90 Å². The van der Waals surface area contributed by atoms with Crippen molar-refractivity contribution in [3.63, 3.8) is 0 Å². The number of hydrogen-bond acceptors (Lipinski definition) is 4. The maximum absolute atomic E-state index is 12.5. The zero-order valence-corrected chi connectivity index (χ0v) is 16.9. The fraction of sp³-hybridized carbons (Fsp3) is 0.474. The smallest absolute Gasteiger partial charge is 0.278 e. The molecule has 8 heteroatoms. The Balaban J connectivity index is 1.90. The van der Waals surface area contributed by atoms with Crippen molar-refractivity contribution >= 4 is 22.0 Å². The summed E-state index contributed by atoms with van der Waals surface area (Å²) < 4.78 is 26.4. The third kappa shape index (κ3) is 5.63. The summed E-state index contributed by atoms with van der Waals surface area (Å²) in [6.45, 7) is 5.52. The minimum atomic E-state index is -3.48. The van der Waals surface area contributed by atoms with Gasteiger partial charge in [-0.25, -0.2) is 8.42 Å². The molecule has 1 N–H and O–H groups in total. The normalized spacial score (nSPS) is 17.0. The number of rotatable bonds is 6. The predicted molar refractivity (Wildman–Crippen MR) is 104 cm³/mol. The molecule has 0 atom stereocenters. The van der Waals surface area contributed by atoms with Crippen LogP contribution in [0.1, 0.15) is 19.4 Å². The standard InChI is InChI=1S/C19H26N4O3S/c1-19(2,16-20)21(3)18(24)15-22-10-12-23(13-11-22)27(25,26)14-9-17-7-5-4-6-8-17/h4-9,14H,10-13,15H2,1-3H3/p+1/b14-9+. The number of carbonyl (C=O) groups excluding carboxylic acids is 1. The minimum absolute atomic E-state index is 0.114. The Hall–Kier alpha value is -2.21. The number of piperazine rings is 1. The van der Waals surface area contributed by atoms with Crippen molar-refractivity contribution in [2.24, 2.45) is 0 Å². The quantitative estimate of drug-likeness (QED) is 0.737. The molecule has 0 spiro atoms. The first kappa shape index (κ1) is 21.1. The molecule has 7 nitrogen and oxygen atoms in total. The molecule has 1 fully saturated rings. The van der Waals surface area contributed by atoms with Gasteiger partial charge in [-0.15, -0.1) is 0 Å². The number of hydrogen-bond donors (Lipinski definition) is 1. The van der Waals surface area contributed by atoms with E-state index in [0.717, 1.165) is 10.5 Å². The number of amides is 1. The number of benzene rings is 1. The molecule has 27 heavy (non-hydrogen) atoms. The van der Waals surface area contributed by atoms with E-state index >= 15 is 0 Å². The number of quaternary nitrogens is 1. The first-order valence-electron chi connectivity index (χ1n) is 8.90. The molecule has 1 aromatic rings.